The van der Waals surface area contributed by atoms with E-state index in [0.717, 1.165) is 17.1 Å². The number of para-hydroxylation sites is 2. The van der Waals surface area contributed by atoms with E-state index < -0.39 is 0 Å². The monoisotopic (exact) mass is 296 g/mol. The highest BCUT2D eigenvalue weighted by Gasteiger charge is 2.39. The molecule has 2 aromatic carbocycles. The van der Waals surface area contributed by atoms with Crippen LogP contribution >= 0.6 is 0 Å². The number of anilines is 3. The molecule has 0 radical (unpaired) electrons. The Morgan fingerprint density at radius 2 is 1.86 bits per heavy atom. The number of hydrazine groups is 2. The second-order valence-electron chi connectivity index (χ2n) is 5.17. The first-order chi connectivity index (χ1) is 10.6. The number of amides is 1. The van der Waals surface area contributed by atoms with E-state index in [0.29, 0.717) is 11.4 Å². The van der Waals surface area contributed by atoms with Crippen molar-refractivity contribution in [2.24, 2.45) is 0 Å². The van der Waals surface area contributed by atoms with Crippen LogP contribution in [0.5, 0.6) is 0 Å². The summed E-state index contributed by atoms with van der Waals surface area (Å²) in [6.45, 7) is 1.84. The predicted molar refractivity (Wildman–Crippen MR) is 82.3 cm³/mol. The summed E-state index contributed by atoms with van der Waals surface area (Å²) in [5, 5.41) is 6.28. The number of benzene rings is 2. The summed E-state index contributed by atoms with van der Waals surface area (Å²) >= 11 is 0. The lowest BCUT2D eigenvalue weighted by molar-refractivity contribution is -0.114. The van der Waals surface area contributed by atoms with E-state index in [1.54, 1.807) is 17.1 Å². The third-order valence-electron chi connectivity index (χ3n) is 3.72. The zero-order chi connectivity index (χ0) is 15.3. The quantitative estimate of drug-likeness (QED) is 0.849. The molecular weight excluding hydrogens is 283 g/mol. The smallest absolute Gasteiger partial charge is 0.294 e. The van der Waals surface area contributed by atoms with E-state index in [2.05, 4.69) is 10.9 Å². The molecule has 2 N–H and O–H groups in total. The van der Waals surface area contributed by atoms with E-state index >= 15 is 0 Å². The lowest BCUT2D eigenvalue weighted by atomic mass is 10.1. The minimum atomic E-state index is -0.388. The molecule has 0 saturated carbocycles. The summed E-state index contributed by atoms with van der Waals surface area (Å²) in [6.07, 6.45) is 0. The number of carbonyl (C=O) groups excluding carboxylic acids is 1. The first kappa shape index (κ1) is 12.8. The number of carbonyl (C=O) groups is 1. The zero-order valence-electron chi connectivity index (χ0n) is 11.8. The van der Waals surface area contributed by atoms with Crippen molar-refractivity contribution in [3.63, 3.8) is 0 Å². The molecule has 5 nitrogen and oxygen atoms in total. The van der Waals surface area contributed by atoms with Gasteiger partial charge in [0.2, 0.25) is 0 Å². The Hall–Kier alpha value is -2.86. The number of hydrogen-bond acceptors (Lipinski definition) is 4. The van der Waals surface area contributed by atoms with Crippen LogP contribution in [0, 0.1) is 5.82 Å². The Morgan fingerprint density at radius 1 is 1.05 bits per heavy atom. The van der Waals surface area contributed by atoms with Gasteiger partial charge in [0.05, 0.1) is 17.1 Å². The standard InChI is InChI=1S/C16H13FN4O/c1-10-15-16(22)20(12-6-4-5-11(17)9-12)19-21(15)14-8-3-2-7-13(14)18-10/h2-9,18-19H,1H3. The molecule has 1 fully saturated rings. The van der Waals surface area contributed by atoms with Crippen molar-refractivity contribution in [1.29, 1.82) is 0 Å². The minimum Gasteiger partial charge on any atom is -0.355 e. The normalized spacial score (nSPS) is 16.5. The fraction of sp³-hybridized carbons (Fsp3) is 0.0625. The van der Waals surface area contributed by atoms with Gasteiger partial charge in [0, 0.05) is 5.70 Å². The molecule has 0 aromatic heterocycles. The van der Waals surface area contributed by atoms with Crippen molar-refractivity contribution in [3.05, 3.63) is 65.7 Å². The first-order valence-electron chi connectivity index (χ1n) is 6.88. The van der Waals surface area contributed by atoms with Crippen molar-refractivity contribution in [2.75, 3.05) is 15.3 Å². The molecule has 2 aliphatic rings. The molecule has 2 aromatic rings. The third-order valence-corrected chi connectivity index (χ3v) is 3.72. The van der Waals surface area contributed by atoms with Gasteiger partial charge in [0.15, 0.2) is 0 Å². The summed E-state index contributed by atoms with van der Waals surface area (Å²) in [6, 6.07) is 13.6. The highest BCUT2D eigenvalue weighted by molar-refractivity contribution is 6.12. The van der Waals surface area contributed by atoms with Crippen LogP contribution in [0.1, 0.15) is 6.92 Å². The van der Waals surface area contributed by atoms with E-state index in [1.165, 1.54) is 17.1 Å². The van der Waals surface area contributed by atoms with Crippen molar-refractivity contribution in [2.45, 2.75) is 6.92 Å². The average Bonchev–Trinajstić information content (AvgIpc) is 2.86. The van der Waals surface area contributed by atoms with Crippen LogP contribution in [0.25, 0.3) is 0 Å². The molecule has 0 unspecified atom stereocenters. The lowest BCUT2D eigenvalue weighted by Crippen LogP contribution is -2.41. The molecule has 0 atom stereocenters. The summed E-state index contributed by atoms with van der Waals surface area (Å²) in [5.74, 6) is -0.619. The van der Waals surface area contributed by atoms with Crippen molar-refractivity contribution < 1.29 is 9.18 Å². The minimum absolute atomic E-state index is 0.231. The van der Waals surface area contributed by atoms with Crippen LogP contribution in [0.2, 0.25) is 0 Å². The molecule has 6 heteroatoms. The zero-order valence-corrected chi connectivity index (χ0v) is 11.8. The summed E-state index contributed by atoms with van der Waals surface area (Å²) in [5.41, 5.74) is 6.48. The maximum atomic E-state index is 13.4. The number of nitrogens with one attached hydrogen (secondary N) is 2. The number of allylic oxidation sites excluding steroid dienone is 1. The maximum Gasteiger partial charge on any atom is 0.294 e. The Bertz CT molecular complexity index is 817. The molecule has 4 rings (SSSR count). The van der Waals surface area contributed by atoms with Crippen molar-refractivity contribution in [1.82, 2.24) is 5.53 Å². The van der Waals surface area contributed by atoms with Gasteiger partial charge in [-0.2, -0.15) is 0 Å². The fourth-order valence-electron chi connectivity index (χ4n) is 2.73. The topological polar surface area (TPSA) is 47.6 Å². The van der Waals surface area contributed by atoms with Crippen LogP contribution in [-0.4, -0.2) is 5.91 Å². The summed E-state index contributed by atoms with van der Waals surface area (Å²) < 4.78 is 13.4. The van der Waals surface area contributed by atoms with Crippen LogP contribution < -0.4 is 20.9 Å². The number of nitrogens with zero attached hydrogens (tertiary/aromatic N) is 2. The maximum absolute atomic E-state index is 13.4. The molecule has 0 bridgehead atoms. The Kier molecular flexibility index (Phi) is 2.67. The lowest BCUT2D eigenvalue weighted by Gasteiger charge is -2.28. The van der Waals surface area contributed by atoms with E-state index in [-0.39, 0.29) is 11.7 Å². The molecule has 2 heterocycles. The molecule has 1 amide bonds. The summed E-state index contributed by atoms with van der Waals surface area (Å²) in [7, 11) is 0. The van der Waals surface area contributed by atoms with Gasteiger partial charge >= 0.3 is 0 Å². The van der Waals surface area contributed by atoms with Gasteiger partial charge in [-0.15, -0.1) is 5.53 Å². The van der Waals surface area contributed by atoms with Crippen molar-refractivity contribution in [3.8, 4) is 0 Å². The van der Waals surface area contributed by atoms with Crippen LogP contribution in [0.3, 0.4) is 0 Å². The molecular formula is C16H13FN4O. The van der Waals surface area contributed by atoms with Gasteiger partial charge < -0.3 is 5.32 Å². The Labute approximate surface area is 126 Å². The van der Waals surface area contributed by atoms with Crippen molar-refractivity contribution >= 4 is 23.0 Å². The SMILES string of the molecule is CC1=C2C(=O)N(c3cccc(F)c3)NN2c2ccccc2N1. The Balaban J connectivity index is 1.80. The number of hydrogen-bond donors (Lipinski definition) is 2. The van der Waals surface area contributed by atoms with E-state index in [9.17, 15) is 9.18 Å². The van der Waals surface area contributed by atoms with Gasteiger partial charge in [-0.1, -0.05) is 18.2 Å². The molecule has 0 aliphatic carbocycles. The molecule has 2 aliphatic heterocycles. The highest BCUT2D eigenvalue weighted by atomic mass is 19.1. The second-order valence-corrected chi connectivity index (χ2v) is 5.17. The average molecular weight is 296 g/mol. The molecule has 0 spiro atoms. The largest absolute Gasteiger partial charge is 0.355 e. The second kappa shape index (κ2) is 4.57. The van der Waals surface area contributed by atoms with Crippen LogP contribution in [0.15, 0.2) is 59.9 Å². The Morgan fingerprint density at radius 3 is 2.68 bits per heavy atom. The number of fused-ring (bicyclic) bond motifs is 3. The highest BCUT2D eigenvalue weighted by Crippen LogP contribution is 2.37. The number of rotatable bonds is 1. The fourth-order valence-corrected chi connectivity index (χ4v) is 2.73. The van der Waals surface area contributed by atoms with Gasteiger partial charge in [-0.3, -0.25) is 4.79 Å². The van der Waals surface area contributed by atoms with E-state index in [1.807, 2.05) is 31.2 Å². The van der Waals surface area contributed by atoms with Gasteiger partial charge in [-0.25, -0.2) is 14.4 Å². The van der Waals surface area contributed by atoms with Crippen LogP contribution in [-0.2, 0) is 4.79 Å². The molecule has 110 valence electrons. The first-order valence-corrected chi connectivity index (χ1v) is 6.88. The van der Waals surface area contributed by atoms with Gasteiger partial charge in [0.1, 0.15) is 11.5 Å². The van der Waals surface area contributed by atoms with Gasteiger partial charge in [-0.05, 0) is 37.3 Å². The summed E-state index contributed by atoms with van der Waals surface area (Å²) in [4.78, 5) is 12.7. The van der Waals surface area contributed by atoms with Crippen LogP contribution in [0.4, 0.5) is 21.5 Å². The molecule has 1 saturated heterocycles. The molecule has 22 heavy (non-hydrogen) atoms. The third kappa shape index (κ3) is 1.78. The predicted octanol–water partition coefficient (Wildman–Crippen LogP) is 2.76. The number of halogens is 1. The van der Waals surface area contributed by atoms with E-state index in [4.69, 9.17) is 0 Å². The van der Waals surface area contributed by atoms with Gasteiger partial charge in [0.25, 0.3) is 5.91 Å².